The van der Waals surface area contributed by atoms with Gasteiger partial charge in [-0.1, -0.05) is 25.0 Å². The van der Waals surface area contributed by atoms with Crippen molar-refractivity contribution >= 4 is 5.78 Å². The van der Waals surface area contributed by atoms with Crippen molar-refractivity contribution in [3.05, 3.63) is 29.8 Å². The minimum Gasteiger partial charge on any atom is -0.497 e. The number of rotatable bonds is 6. The summed E-state index contributed by atoms with van der Waals surface area (Å²) in [6, 6.07) is 7.89. The van der Waals surface area contributed by atoms with E-state index in [4.69, 9.17) is 10.5 Å². The summed E-state index contributed by atoms with van der Waals surface area (Å²) in [6.07, 6.45) is 6.26. The van der Waals surface area contributed by atoms with Crippen molar-refractivity contribution in [2.75, 3.05) is 7.11 Å². The van der Waals surface area contributed by atoms with E-state index in [1.165, 1.54) is 18.4 Å². The van der Waals surface area contributed by atoms with Gasteiger partial charge in [-0.2, -0.15) is 0 Å². The van der Waals surface area contributed by atoms with Gasteiger partial charge in [0.25, 0.3) is 0 Å². The predicted molar refractivity (Wildman–Crippen MR) is 76.3 cm³/mol. The lowest BCUT2D eigenvalue weighted by Crippen LogP contribution is -2.38. The molecule has 3 nitrogen and oxygen atoms in total. The summed E-state index contributed by atoms with van der Waals surface area (Å²) in [5, 5.41) is 0. The number of benzene rings is 1. The van der Waals surface area contributed by atoms with E-state index in [2.05, 4.69) is 0 Å². The van der Waals surface area contributed by atoms with Gasteiger partial charge in [0.15, 0.2) is 0 Å². The number of methoxy groups -OCH3 is 1. The smallest absolute Gasteiger partial charge is 0.135 e. The lowest BCUT2D eigenvalue weighted by atomic mass is 9.90. The first-order chi connectivity index (χ1) is 9.11. The number of carbonyl (C=O) groups excluding carboxylic acids is 1. The third kappa shape index (κ3) is 4.06. The zero-order valence-electron chi connectivity index (χ0n) is 11.7. The monoisotopic (exact) mass is 261 g/mol. The van der Waals surface area contributed by atoms with Crippen LogP contribution in [-0.4, -0.2) is 18.4 Å². The summed E-state index contributed by atoms with van der Waals surface area (Å²) in [6.45, 7) is 0. The standard InChI is InChI=1S/C16H23NO2/c1-19-15-8-5-13(6-9-15)4-7-14(18)12-16(17)10-2-3-11-16/h5-6,8-9H,2-4,7,10-12,17H2,1H3. The van der Waals surface area contributed by atoms with Crippen molar-refractivity contribution in [2.45, 2.75) is 50.5 Å². The van der Waals surface area contributed by atoms with Crippen LogP contribution in [0.25, 0.3) is 0 Å². The Morgan fingerprint density at radius 1 is 1.26 bits per heavy atom. The van der Waals surface area contributed by atoms with Gasteiger partial charge in [0.2, 0.25) is 0 Å². The summed E-state index contributed by atoms with van der Waals surface area (Å²) in [7, 11) is 1.65. The third-order valence-electron chi connectivity index (χ3n) is 4.00. The zero-order chi connectivity index (χ0) is 13.7. The van der Waals surface area contributed by atoms with E-state index in [1.54, 1.807) is 7.11 Å². The van der Waals surface area contributed by atoms with Crippen LogP contribution in [0.5, 0.6) is 5.75 Å². The second-order valence-corrected chi connectivity index (χ2v) is 5.63. The van der Waals surface area contributed by atoms with Crippen LogP contribution in [0.4, 0.5) is 0 Å². The van der Waals surface area contributed by atoms with Crippen LogP contribution in [0.1, 0.15) is 44.1 Å². The van der Waals surface area contributed by atoms with Gasteiger partial charge in [0, 0.05) is 18.4 Å². The lowest BCUT2D eigenvalue weighted by Gasteiger charge is -2.22. The molecule has 2 N–H and O–H groups in total. The molecule has 0 spiro atoms. The fourth-order valence-corrected chi connectivity index (χ4v) is 2.81. The molecule has 0 unspecified atom stereocenters. The van der Waals surface area contributed by atoms with Gasteiger partial charge < -0.3 is 10.5 Å². The fourth-order valence-electron chi connectivity index (χ4n) is 2.81. The normalized spacial score (nSPS) is 17.4. The summed E-state index contributed by atoms with van der Waals surface area (Å²) in [5.74, 6) is 1.14. The molecular formula is C16H23NO2. The molecule has 1 fully saturated rings. The molecule has 0 bridgehead atoms. The molecule has 1 aliphatic carbocycles. The molecule has 1 aromatic rings. The number of ketones is 1. The number of carbonyl (C=O) groups is 1. The van der Waals surface area contributed by atoms with Crippen LogP contribution in [0.3, 0.4) is 0 Å². The molecule has 1 aliphatic rings. The van der Waals surface area contributed by atoms with Crippen molar-refractivity contribution in [2.24, 2.45) is 5.73 Å². The zero-order valence-corrected chi connectivity index (χ0v) is 11.7. The molecule has 0 amide bonds. The SMILES string of the molecule is COc1ccc(CCC(=O)CC2(N)CCCC2)cc1. The minimum atomic E-state index is -0.211. The van der Waals surface area contributed by atoms with Crippen molar-refractivity contribution in [3.63, 3.8) is 0 Å². The Balaban J connectivity index is 1.79. The van der Waals surface area contributed by atoms with Crippen molar-refractivity contribution in [1.29, 1.82) is 0 Å². The van der Waals surface area contributed by atoms with Crippen LogP contribution in [0, 0.1) is 0 Å². The van der Waals surface area contributed by atoms with E-state index in [-0.39, 0.29) is 5.54 Å². The Labute approximate surface area is 115 Å². The van der Waals surface area contributed by atoms with E-state index >= 15 is 0 Å². The quantitative estimate of drug-likeness (QED) is 0.856. The number of ether oxygens (including phenoxy) is 1. The van der Waals surface area contributed by atoms with E-state index in [9.17, 15) is 4.79 Å². The van der Waals surface area contributed by atoms with Crippen molar-refractivity contribution < 1.29 is 9.53 Å². The maximum absolute atomic E-state index is 12.0. The van der Waals surface area contributed by atoms with Gasteiger partial charge in [0.1, 0.15) is 11.5 Å². The van der Waals surface area contributed by atoms with Crippen LogP contribution in [0.15, 0.2) is 24.3 Å². The van der Waals surface area contributed by atoms with Crippen LogP contribution >= 0.6 is 0 Å². The average molecular weight is 261 g/mol. The highest BCUT2D eigenvalue weighted by Crippen LogP contribution is 2.30. The molecule has 0 aliphatic heterocycles. The Hall–Kier alpha value is -1.35. The molecule has 104 valence electrons. The fraction of sp³-hybridized carbons (Fsp3) is 0.562. The van der Waals surface area contributed by atoms with Crippen LogP contribution in [-0.2, 0) is 11.2 Å². The number of hydrogen-bond donors (Lipinski definition) is 1. The van der Waals surface area contributed by atoms with Gasteiger partial charge in [-0.15, -0.1) is 0 Å². The molecule has 3 heteroatoms. The largest absolute Gasteiger partial charge is 0.497 e. The van der Waals surface area contributed by atoms with Gasteiger partial charge in [0.05, 0.1) is 7.11 Å². The number of nitrogens with two attached hydrogens (primary N) is 1. The van der Waals surface area contributed by atoms with Crippen molar-refractivity contribution in [3.8, 4) is 5.75 Å². The molecule has 0 radical (unpaired) electrons. The molecule has 19 heavy (non-hydrogen) atoms. The van der Waals surface area contributed by atoms with Crippen LogP contribution in [0.2, 0.25) is 0 Å². The first-order valence-electron chi connectivity index (χ1n) is 7.05. The molecule has 0 heterocycles. The summed E-state index contributed by atoms with van der Waals surface area (Å²) in [5.41, 5.74) is 7.19. The van der Waals surface area contributed by atoms with Gasteiger partial charge in [-0.3, -0.25) is 4.79 Å². The third-order valence-corrected chi connectivity index (χ3v) is 4.00. The average Bonchev–Trinajstić information content (AvgIpc) is 2.83. The predicted octanol–water partition coefficient (Wildman–Crippen LogP) is 2.86. The number of hydrogen-bond acceptors (Lipinski definition) is 3. The summed E-state index contributed by atoms with van der Waals surface area (Å²) < 4.78 is 5.11. The Kier molecular flexibility index (Phi) is 4.59. The van der Waals surface area contributed by atoms with E-state index in [1.807, 2.05) is 24.3 Å². The first-order valence-corrected chi connectivity index (χ1v) is 7.05. The second-order valence-electron chi connectivity index (χ2n) is 5.63. The molecular weight excluding hydrogens is 238 g/mol. The first kappa shape index (κ1) is 14.1. The topological polar surface area (TPSA) is 52.3 Å². The van der Waals surface area contributed by atoms with Gasteiger partial charge in [-0.25, -0.2) is 0 Å². The number of aryl methyl sites for hydroxylation is 1. The summed E-state index contributed by atoms with van der Waals surface area (Å²) >= 11 is 0. The maximum Gasteiger partial charge on any atom is 0.135 e. The summed E-state index contributed by atoms with van der Waals surface area (Å²) in [4.78, 5) is 12.0. The Bertz CT molecular complexity index is 419. The van der Waals surface area contributed by atoms with E-state index < -0.39 is 0 Å². The van der Waals surface area contributed by atoms with Crippen molar-refractivity contribution in [1.82, 2.24) is 0 Å². The highest BCUT2D eigenvalue weighted by Gasteiger charge is 2.31. The number of Topliss-reactive ketones (excluding diaryl/α,β-unsaturated/α-hetero) is 1. The lowest BCUT2D eigenvalue weighted by molar-refractivity contribution is -0.120. The van der Waals surface area contributed by atoms with Gasteiger partial charge >= 0.3 is 0 Å². The maximum atomic E-state index is 12.0. The molecule has 0 saturated heterocycles. The molecule has 2 rings (SSSR count). The Morgan fingerprint density at radius 2 is 1.89 bits per heavy atom. The highest BCUT2D eigenvalue weighted by atomic mass is 16.5. The molecule has 0 aromatic heterocycles. The second kappa shape index (κ2) is 6.20. The highest BCUT2D eigenvalue weighted by molar-refractivity contribution is 5.79. The van der Waals surface area contributed by atoms with E-state index in [0.29, 0.717) is 18.6 Å². The van der Waals surface area contributed by atoms with E-state index in [0.717, 1.165) is 25.0 Å². The Morgan fingerprint density at radius 3 is 2.47 bits per heavy atom. The molecule has 1 saturated carbocycles. The van der Waals surface area contributed by atoms with Crippen LogP contribution < -0.4 is 10.5 Å². The van der Waals surface area contributed by atoms with Gasteiger partial charge in [-0.05, 0) is 37.0 Å². The minimum absolute atomic E-state index is 0.211. The molecule has 1 aromatic carbocycles. The molecule has 0 atom stereocenters.